The molecule has 0 aliphatic heterocycles. The van der Waals surface area contributed by atoms with Crippen LogP contribution in [0.1, 0.15) is 19.4 Å². The van der Waals surface area contributed by atoms with Gasteiger partial charge < -0.3 is 9.73 Å². The number of para-hydroxylation sites is 1. The number of aromatic nitrogens is 1. The first kappa shape index (κ1) is 18.7. The molecule has 6 heteroatoms. The van der Waals surface area contributed by atoms with Crippen molar-refractivity contribution in [3.8, 4) is 11.3 Å². The van der Waals surface area contributed by atoms with E-state index in [9.17, 15) is 4.79 Å². The Balaban J connectivity index is 1.66. The lowest BCUT2D eigenvalue weighted by atomic mass is 10.1. The van der Waals surface area contributed by atoms with Crippen molar-refractivity contribution < 1.29 is 9.21 Å². The zero-order chi connectivity index (χ0) is 18.5. The number of halogens is 1. The van der Waals surface area contributed by atoms with E-state index in [2.05, 4.69) is 33.2 Å². The second-order valence-electron chi connectivity index (χ2n) is 5.76. The zero-order valence-corrected chi connectivity index (χ0v) is 16.9. The average Bonchev–Trinajstić information content (AvgIpc) is 3.10. The van der Waals surface area contributed by atoms with Crippen molar-refractivity contribution in [2.45, 2.75) is 30.7 Å². The van der Waals surface area contributed by atoms with Gasteiger partial charge in [0.25, 0.3) is 5.22 Å². The second kappa shape index (κ2) is 8.56. The molecule has 1 heterocycles. The molecule has 0 aliphatic rings. The van der Waals surface area contributed by atoms with Gasteiger partial charge in [0.2, 0.25) is 5.91 Å². The van der Waals surface area contributed by atoms with Gasteiger partial charge in [-0.25, -0.2) is 4.98 Å². The van der Waals surface area contributed by atoms with Gasteiger partial charge in [-0.2, -0.15) is 0 Å². The molecule has 4 nitrogen and oxygen atoms in total. The van der Waals surface area contributed by atoms with Crippen LogP contribution in [0.25, 0.3) is 11.3 Å². The number of rotatable bonds is 6. The molecule has 1 amide bonds. The van der Waals surface area contributed by atoms with Crippen molar-refractivity contribution in [2.75, 3.05) is 5.32 Å². The number of thioether (sulfide) groups is 1. The Morgan fingerprint density at radius 2 is 2.08 bits per heavy atom. The summed E-state index contributed by atoms with van der Waals surface area (Å²) >= 11 is 4.75. The molecule has 2 aromatic carbocycles. The van der Waals surface area contributed by atoms with Crippen LogP contribution in [0.4, 0.5) is 5.69 Å². The Morgan fingerprint density at radius 1 is 1.27 bits per heavy atom. The molecule has 1 atom stereocenters. The van der Waals surface area contributed by atoms with Crippen LogP contribution in [0.3, 0.4) is 0 Å². The summed E-state index contributed by atoms with van der Waals surface area (Å²) in [7, 11) is 0. The molecule has 0 spiro atoms. The molecule has 3 aromatic rings. The number of nitrogens with one attached hydrogen (secondary N) is 1. The number of oxazole rings is 1. The Morgan fingerprint density at radius 3 is 2.85 bits per heavy atom. The van der Waals surface area contributed by atoms with E-state index in [0.29, 0.717) is 11.0 Å². The smallest absolute Gasteiger partial charge is 0.256 e. The van der Waals surface area contributed by atoms with Crippen LogP contribution in [-0.4, -0.2) is 16.1 Å². The maximum absolute atomic E-state index is 12.5. The van der Waals surface area contributed by atoms with Crippen molar-refractivity contribution in [1.82, 2.24) is 4.98 Å². The van der Waals surface area contributed by atoms with Crippen LogP contribution in [0, 0.1) is 0 Å². The third kappa shape index (κ3) is 4.56. The predicted molar refractivity (Wildman–Crippen MR) is 109 cm³/mol. The molecular formula is C20H19BrN2O2S. The Labute approximate surface area is 165 Å². The van der Waals surface area contributed by atoms with Gasteiger partial charge >= 0.3 is 0 Å². The van der Waals surface area contributed by atoms with E-state index >= 15 is 0 Å². The molecule has 3 rings (SSSR count). The number of hydrogen-bond donors (Lipinski definition) is 1. The monoisotopic (exact) mass is 430 g/mol. The number of anilines is 1. The van der Waals surface area contributed by atoms with Crippen LogP contribution in [0.5, 0.6) is 0 Å². The SMILES string of the molecule is CCc1ccccc1NC(=O)[C@@H](C)Sc1ncc(-c2cccc(Br)c2)o1. The lowest BCUT2D eigenvalue weighted by Gasteiger charge is -2.12. The molecule has 1 aromatic heterocycles. The standard InChI is InChI=1S/C20H19BrN2O2S/c1-3-14-7-4-5-10-17(14)23-19(24)13(2)26-20-22-12-18(25-20)15-8-6-9-16(21)11-15/h4-13H,3H2,1-2H3,(H,23,24)/t13-/m1/s1. The fourth-order valence-corrected chi connectivity index (χ4v) is 3.60. The number of amides is 1. The summed E-state index contributed by atoms with van der Waals surface area (Å²) in [6.45, 7) is 3.91. The Bertz CT molecular complexity index is 910. The lowest BCUT2D eigenvalue weighted by Crippen LogP contribution is -2.23. The van der Waals surface area contributed by atoms with Gasteiger partial charge in [0.15, 0.2) is 5.76 Å². The molecule has 26 heavy (non-hydrogen) atoms. The number of nitrogens with zero attached hydrogens (tertiary/aromatic N) is 1. The summed E-state index contributed by atoms with van der Waals surface area (Å²) < 4.78 is 6.77. The summed E-state index contributed by atoms with van der Waals surface area (Å²) in [6.07, 6.45) is 2.55. The van der Waals surface area contributed by atoms with Crippen molar-refractivity contribution in [3.05, 3.63) is 64.8 Å². The Hall–Kier alpha value is -2.05. The van der Waals surface area contributed by atoms with Crippen LogP contribution < -0.4 is 5.32 Å². The molecule has 0 bridgehead atoms. The van der Waals surface area contributed by atoms with Crippen molar-refractivity contribution in [1.29, 1.82) is 0 Å². The minimum absolute atomic E-state index is 0.0712. The summed E-state index contributed by atoms with van der Waals surface area (Å²) in [5.74, 6) is 0.607. The summed E-state index contributed by atoms with van der Waals surface area (Å²) in [5.41, 5.74) is 2.91. The number of carbonyl (C=O) groups excluding carboxylic acids is 1. The van der Waals surface area contributed by atoms with Crippen molar-refractivity contribution >= 4 is 39.3 Å². The fraction of sp³-hybridized carbons (Fsp3) is 0.200. The van der Waals surface area contributed by atoms with Gasteiger partial charge in [0.1, 0.15) is 0 Å². The third-order valence-corrected chi connectivity index (χ3v) is 5.35. The van der Waals surface area contributed by atoms with Crippen molar-refractivity contribution in [3.63, 3.8) is 0 Å². The number of carbonyl (C=O) groups is 1. The topological polar surface area (TPSA) is 55.1 Å². The van der Waals surface area contributed by atoms with Gasteiger partial charge in [-0.05, 0) is 37.1 Å². The van der Waals surface area contributed by atoms with Crippen LogP contribution in [-0.2, 0) is 11.2 Å². The lowest BCUT2D eigenvalue weighted by molar-refractivity contribution is -0.115. The van der Waals surface area contributed by atoms with E-state index in [0.717, 1.165) is 27.7 Å². The molecule has 0 aliphatic carbocycles. The first-order chi connectivity index (χ1) is 12.6. The quantitative estimate of drug-likeness (QED) is 0.503. The third-order valence-electron chi connectivity index (χ3n) is 3.90. The van der Waals surface area contributed by atoms with Gasteiger partial charge in [0.05, 0.1) is 11.4 Å². The molecule has 0 saturated heterocycles. The van der Waals surface area contributed by atoms with Crippen LogP contribution in [0.15, 0.2) is 68.8 Å². The molecule has 0 unspecified atom stereocenters. The van der Waals surface area contributed by atoms with E-state index in [1.54, 1.807) is 6.20 Å². The largest absolute Gasteiger partial charge is 0.431 e. The van der Waals surface area contributed by atoms with E-state index in [1.165, 1.54) is 11.8 Å². The minimum atomic E-state index is -0.325. The minimum Gasteiger partial charge on any atom is -0.431 e. The molecule has 0 saturated carbocycles. The first-order valence-corrected chi connectivity index (χ1v) is 10.0. The van der Waals surface area contributed by atoms with Gasteiger partial charge in [0, 0.05) is 15.7 Å². The molecule has 1 N–H and O–H groups in total. The maximum atomic E-state index is 12.5. The van der Waals surface area contributed by atoms with Crippen molar-refractivity contribution in [2.24, 2.45) is 0 Å². The zero-order valence-electron chi connectivity index (χ0n) is 14.5. The highest BCUT2D eigenvalue weighted by Gasteiger charge is 2.19. The van der Waals surface area contributed by atoms with Gasteiger partial charge in [-0.1, -0.05) is 64.9 Å². The number of aryl methyl sites for hydroxylation is 1. The van der Waals surface area contributed by atoms with Crippen LogP contribution in [0.2, 0.25) is 0 Å². The van der Waals surface area contributed by atoms with E-state index in [4.69, 9.17) is 4.42 Å². The number of benzene rings is 2. The summed E-state index contributed by atoms with van der Waals surface area (Å²) in [4.78, 5) is 16.8. The second-order valence-corrected chi connectivity index (χ2v) is 7.97. The fourth-order valence-electron chi connectivity index (χ4n) is 2.48. The highest BCUT2D eigenvalue weighted by molar-refractivity contribution is 9.10. The maximum Gasteiger partial charge on any atom is 0.256 e. The van der Waals surface area contributed by atoms with Gasteiger partial charge in [-0.15, -0.1) is 0 Å². The highest BCUT2D eigenvalue weighted by atomic mass is 79.9. The Kier molecular flexibility index (Phi) is 6.16. The molecule has 0 radical (unpaired) electrons. The first-order valence-electron chi connectivity index (χ1n) is 8.34. The molecule has 0 fully saturated rings. The normalized spacial score (nSPS) is 12.0. The average molecular weight is 431 g/mol. The van der Waals surface area contributed by atoms with E-state index in [-0.39, 0.29) is 11.2 Å². The number of hydrogen-bond acceptors (Lipinski definition) is 4. The molecular weight excluding hydrogens is 412 g/mol. The highest BCUT2D eigenvalue weighted by Crippen LogP contribution is 2.29. The predicted octanol–water partition coefficient (Wildman–Crippen LogP) is 5.79. The summed E-state index contributed by atoms with van der Waals surface area (Å²) in [5, 5.41) is 3.15. The van der Waals surface area contributed by atoms with Gasteiger partial charge in [-0.3, -0.25) is 4.79 Å². The van der Waals surface area contributed by atoms with Crippen LogP contribution >= 0.6 is 27.7 Å². The van der Waals surface area contributed by atoms with E-state index < -0.39 is 0 Å². The molecule has 134 valence electrons. The van der Waals surface area contributed by atoms with E-state index in [1.807, 2.05) is 55.5 Å². The summed E-state index contributed by atoms with van der Waals surface area (Å²) in [6, 6.07) is 15.7.